The molecule has 1 aromatic heterocycles. The minimum atomic E-state index is 0.482. The molecule has 0 bridgehead atoms. The smallest absolute Gasteiger partial charge is 0.216 e. The Balaban J connectivity index is 2.03. The molecule has 0 aliphatic heterocycles. The summed E-state index contributed by atoms with van der Waals surface area (Å²) in [5.74, 6) is 0.795. The number of fused-ring (bicyclic) bond motifs is 2. The average Bonchev–Trinajstić information content (AvgIpc) is 3.01. The summed E-state index contributed by atoms with van der Waals surface area (Å²) in [4.78, 5) is 0. The molecule has 0 saturated heterocycles. The van der Waals surface area contributed by atoms with Crippen molar-refractivity contribution in [2.24, 2.45) is 5.10 Å². The molecular weight excluding hydrogens is 352 g/mol. The summed E-state index contributed by atoms with van der Waals surface area (Å²) in [5.41, 5.74) is 1.01. The van der Waals surface area contributed by atoms with Crippen LogP contribution in [-0.4, -0.2) is 21.1 Å². The molecule has 0 aliphatic rings. The topological polar surface area (TPSA) is 46.0 Å². The second-order valence-corrected chi connectivity index (χ2v) is 6.44. The molecule has 0 spiro atoms. The van der Waals surface area contributed by atoms with Gasteiger partial charge in [-0.05, 0) is 23.0 Å². The van der Waals surface area contributed by atoms with Gasteiger partial charge in [-0.15, -0.1) is 0 Å². The lowest BCUT2D eigenvalue weighted by atomic mass is 9.97. The van der Waals surface area contributed by atoms with Gasteiger partial charge in [-0.1, -0.05) is 67.1 Å². The van der Waals surface area contributed by atoms with E-state index in [0.29, 0.717) is 4.77 Å². The van der Waals surface area contributed by atoms with Crippen LogP contribution in [0.25, 0.3) is 21.5 Å². The summed E-state index contributed by atoms with van der Waals surface area (Å²) in [6, 6.07) is 16.2. The van der Waals surface area contributed by atoms with E-state index in [-0.39, 0.29) is 0 Å². The molecule has 6 heteroatoms. The average molecular weight is 367 g/mol. The van der Waals surface area contributed by atoms with Crippen LogP contribution in [0.15, 0.2) is 53.6 Å². The highest BCUT2D eigenvalue weighted by Crippen LogP contribution is 2.35. The Hall–Kier alpha value is -2.50. The predicted molar refractivity (Wildman–Crippen MR) is 106 cm³/mol. The first-order valence-electron chi connectivity index (χ1n) is 8.00. The summed E-state index contributed by atoms with van der Waals surface area (Å²) < 4.78 is 2.14. The van der Waals surface area contributed by atoms with Crippen LogP contribution < -0.4 is 0 Å². The fourth-order valence-corrected chi connectivity index (χ4v) is 3.56. The summed E-state index contributed by atoms with van der Waals surface area (Å²) in [5, 5.41) is 16.5. The maximum absolute atomic E-state index is 6.64. The van der Waals surface area contributed by atoms with Crippen molar-refractivity contribution in [2.75, 3.05) is 0 Å². The van der Waals surface area contributed by atoms with Gasteiger partial charge in [-0.2, -0.15) is 14.9 Å². The number of H-pyrrole nitrogens is 1. The van der Waals surface area contributed by atoms with Gasteiger partial charge in [0, 0.05) is 22.8 Å². The minimum absolute atomic E-state index is 0.482. The molecule has 0 aliphatic carbocycles. The Morgan fingerprint density at radius 3 is 2.20 bits per heavy atom. The van der Waals surface area contributed by atoms with Gasteiger partial charge in [0.1, 0.15) is 0 Å². The second-order valence-electron chi connectivity index (χ2n) is 5.67. The Bertz CT molecular complexity index is 1120. The molecule has 0 saturated carbocycles. The molecular formula is C19H15ClN4S. The maximum atomic E-state index is 6.64. The Morgan fingerprint density at radius 1 is 1.08 bits per heavy atom. The van der Waals surface area contributed by atoms with Crippen molar-refractivity contribution in [2.45, 2.75) is 13.3 Å². The number of hydrogen-bond donors (Lipinski definition) is 1. The second kappa shape index (κ2) is 6.43. The Kier molecular flexibility index (Phi) is 4.11. The number of halogens is 1. The number of benzene rings is 3. The van der Waals surface area contributed by atoms with E-state index in [9.17, 15) is 0 Å². The number of aryl methyl sites for hydroxylation is 1. The monoisotopic (exact) mass is 366 g/mol. The fourth-order valence-electron chi connectivity index (χ4n) is 3.04. The molecule has 1 N–H and O–H groups in total. The van der Waals surface area contributed by atoms with Crippen LogP contribution in [0.2, 0.25) is 5.02 Å². The Labute approximate surface area is 154 Å². The third kappa shape index (κ3) is 2.65. The van der Waals surface area contributed by atoms with Gasteiger partial charge in [0.05, 0.1) is 11.2 Å². The van der Waals surface area contributed by atoms with E-state index in [1.807, 2.05) is 49.5 Å². The van der Waals surface area contributed by atoms with E-state index in [4.69, 9.17) is 23.8 Å². The summed E-state index contributed by atoms with van der Waals surface area (Å²) >= 11 is 11.9. The summed E-state index contributed by atoms with van der Waals surface area (Å²) in [6.45, 7) is 2.02. The lowest BCUT2D eigenvalue weighted by Gasteiger charge is -2.10. The third-order valence-electron chi connectivity index (χ3n) is 4.24. The number of aromatic amines is 1. The van der Waals surface area contributed by atoms with Crippen LogP contribution in [0, 0.1) is 4.77 Å². The van der Waals surface area contributed by atoms with Crippen molar-refractivity contribution in [3.8, 4) is 0 Å². The molecule has 4 rings (SSSR count). The lowest BCUT2D eigenvalue weighted by molar-refractivity contribution is 0.780. The number of hydrogen-bond acceptors (Lipinski definition) is 3. The number of nitrogens with one attached hydrogen (secondary N) is 1. The predicted octanol–water partition coefficient (Wildman–Crippen LogP) is 5.35. The largest absolute Gasteiger partial charge is 0.250 e. The molecule has 25 heavy (non-hydrogen) atoms. The van der Waals surface area contributed by atoms with Crippen LogP contribution >= 0.6 is 23.8 Å². The zero-order valence-corrected chi connectivity index (χ0v) is 15.1. The van der Waals surface area contributed by atoms with Crippen LogP contribution in [0.1, 0.15) is 18.3 Å². The molecule has 124 valence electrons. The van der Waals surface area contributed by atoms with Gasteiger partial charge in [-0.25, -0.2) is 0 Å². The molecule has 4 aromatic rings. The van der Waals surface area contributed by atoms with E-state index in [1.54, 1.807) is 4.68 Å². The Morgan fingerprint density at radius 2 is 1.64 bits per heavy atom. The first-order chi connectivity index (χ1) is 12.2. The van der Waals surface area contributed by atoms with Gasteiger partial charge in [0.25, 0.3) is 0 Å². The molecule has 3 aromatic carbocycles. The van der Waals surface area contributed by atoms with E-state index in [0.717, 1.165) is 44.4 Å². The third-order valence-corrected chi connectivity index (χ3v) is 4.91. The van der Waals surface area contributed by atoms with Crippen LogP contribution in [0.4, 0.5) is 0 Å². The first-order valence-corrected chi connectivity index (χ1v) is 8.79. The molecule has 0 unspecified atom stereocenters. The van der Waals surface area contributed by atoms with E-state index in [2.05, 4.69) is 27.4 Å². The highest BCUT2D eigenvalue weighted by atomic mass is 35.5. The fraction of sp³-hybridized carbons (Fsp3) is 0.105. The molecule has 0 atom stereocenters. The first kappa shape index (κ1) is 16.0. The zero-order chi connectivity index (χ0) is 17.4. The maximum Gasteiger partial charge on any atom is 0.216 e. The van der Waals surface area contributed by atoms with Crippen LogP contribution in [0.3, 0.4) is 0 Å². The van der Waals surface area contributed by atoms with Gasteiger partial charge in [0.2, 0.25) is 4.77 Å². The normalized spacial score (nSPS) is 11.8. The van der Waals surface area contributed by atoms with Gasteiger partial charge < -0.3 is 0 Å². The van der Waals surface area contributed by atoms with Crippen molar-refractivity contribution in [3.05, 3.63) is 69.7 Å². The number of rotatable bonds is 3. The van der Waals surface area contributed by atoms with Gasteiger partial charge in [0.15, 0.2) is 5.82 Å². The van der Waals surface area contributed by atoms with Crippen molar-refractivity contribution < 1.29 is 0 Å². The summed E-state index contributed by atoms with van der Waals surface area (Å²) in [6.07, 6.45) is 2.58. The number of nitrogens with zero attached hydrogens (tertiary/aromatic N) is 3. The molecule has 0 fully saturated rings. The van der Waals surface area contributed by atoms with Crippen LogP contribution in [0.5, 0.6) is 0 Å². The van der Waals surface area contributed by atoms with Crippen molar-refractivity contribution in [1.82, 2.24) is 14.9 Å². The van der Waals surface area contributed by atoms with E-state index < -0.39 is 0 Å². The lowest BCUT2D eigenvalue weighted by Crippen LogP contribution is -1.98. The minimum Gasteiger partial charge on any atom is -0.250 e. The molecule has 0 amide bonds. The molecule has 0 radical (unpaired) electrons. The van der Waals surface area contributed by atoms with Gasteiger partial charge >= 0.3 is 0 Å². The SMILES string of the molecule is CCc1n[nH]c(=S)n1/N=C\c1c2ccccc2c(Cl)c2ccccc12. The van der Waals surface area contributed by atoms with Gasteiger partial charge in [-0.3, -0.25) is 5.10 Å². The van der Waals surface area contributed by atoms with E-state index >= 15 is 0 Å². The van der Waals surface area contributed by atoms with Crippen molar-refractivity contribution in [1.29, 1.82) is 0 Å². The number of aromatic nitrogens is 3. The standard InChI is InChI=1S/C19H15ClN4S/c1-2-17-22-23-19(25)24(17)21-11-16-12-7-3-5-9-14(12)18(20)15-10-6-4-8-13(15)16/h3-11H,2H2,1H3,(H,23,25)/b21-11-. The summed E-state index contributed by atoms with van der Waals surface area (Å²) in [7, 11) is 0. The van der Waals surface area contributed by atoms with Crippen molar-refractivity contribution in [3.63, 3.8) is 0 Å². The highest BCUT2D eigenvalue weighted by Gasteiger charge is 2.11. The van der Waals surface area contributed by atoms with E-state index in [1.165, 1.54) is 0 Å². The molecule has 1 heterocycles. The van der Waals surface area contributed by atoms with Crippen LogP contribution in [-0.2, 0) is 6.42 Å². The van der Waals surface area contributed by atoms with Crippen molar-refractivity contribution >= 4 is 51.6 Å². The highest BCUT2D eigenvalue weighted by molar-refractivity contribution is 7.71. The quantitative estimate of drug-likeness (QED) is 0.302. The zero-order valence-electron chi connectivity index (χ0n) is 13.5. The molecule has 4 nitrogen and oxygen atoms in total.